The highest BCUT2D eigenvalue weighted by molar-refractivity contribution is 6.34. The summed E-state index contributed by atoms with van der Waals surface area (Å²) in [4.78, 5) is 15.3. The van der Waals surface area contributed by atoms with E-state index in [1.165, 1.54) is 16.7 Å². The van der Waals surface area contributed by atoms with Crippen molar-refractivity contribution in [3.63, 3.8) is 0 Å². The number of alkyl halides is 6. The second-order valence-electron chi connectivity index (χ2n) is 7.30. The summed E-state index contributed by atoms with van der Waals surface area (Å²) in [5, 5.41) is 15.9. The number of hydrogen-bond donors (Lipinski definition) is 2. The highest BCUT2D eigenvalue weighted by Gasteiger charge is 2.38. The maximum atomic E-state index is 13.1. The number of nitrogens with zero attached hydrogens (tertiary/aromatic N) is 2. The zero-order chi connectivity index (χ0) is 24.7. The van der Waals surface area contributed by atoms with E-state index in [9.17, 15) is 31.1 Å². The molecule has 2 aromatic rings. The van der Waals surface area contributed by atoms with Crippen molar-refractivity contribution in [2.45, 2.75) is 25.3 Å². The molecule has 1 heterocycles. The molecule has 0 spiro atoms. The summed E-state index contributed by atoms with van der Waals surface area (Å²) in [5.74, 6) is -1.24. The fraction of sp³-hybridized carbons (Fsp3) is 0.286. The lowest BCUT2D eigenvalue weighted by Crippen LogP contribution is -2.58. The highest BCUT2D eigenvalue weighted by atomic mass is 35.5. The van der Waals surface area contributed by atoms with Crippen LogP contribution in [0.5, 0.6) is 0 Å². The van der Waals surface area contributed by atoms with Crippen LogP contribution in [0.3, 0.4) is 0 Å². The third-order valence-corrected chi connectivity index (χ3v) is 5.68. The van der Waals surface area contributed by atoms with E-state index >= 15 is 0 Å². The predicted molar refractivity (Wildman–Crippen MR) is 110 cm³/mol. The summed E-state index contributed by atoms with van der Waals surface area (Å²) in [6.07, 6.45) is -9.28. The first-order chi connectivity index (χ1) is 15.2. The number of carbonyl (C=O) groups excluding carboxylic acids is 1. The van der Waals surface area contributed by atoms with E-state index in [4.69, 9.17) is 22.4 Å². The van der Waals surface area contributed by atoms with Crippen LogP contribution in [0.2, 0.25) is 5.02 Å². The zero-order valence-corrected chi connectivity index (χ0v) is 17.7. The summed E-state index contributed by atoms with van der Waals surface area (Å²) in [7, 11) is 0. The molecule has 33 heavy (non-hydrogen) atoms. The number of rotatable bonds is 2. The van der Waals surface area contributed by atoms with Crippen molar-refractivity contribution in [3.8, 4) is 0 Å². The van der Waals surface area contributed by atoms with E-state index in [1.54, 1.807) is 0 Å². The van der Waals surface area contributed by atoms with Gasteiger partial charge >= 0.3 is 12.4 Å². The molecule has 0 saturated carbocycles. The predicted octanol–water partition coefficient (Wildman–Crippen LogP) is 5.53. The van der Waals surface area contributed by atoms with Gasteiger partial charge in [0.25, 0.3) is 5.91 Å². The fourth-order valence-corrected chi connectivity index (χ4v) is 3.76. The van der Waals surface area contributed by atoms with Crippen molar-refractivity contribution in [3.05, 3.63) is 69.7 Å². The van der Waals surface area contributed by atoms with Crippen LogP contribution in [0.1, 0.15) is 34.0 Å². The molecule has 1 fully saturated rings. The molecule has 12 heteroatoms. The number of hydrogen-bond acceptors (Lipinski definition) is 3. The van der Waals surface area contributed by atoms with Crippen LogP contribution in [0.25, 0.3) is 0 Å². The van der Waals surface area contributed by atoms with Crippen molar-refractivity contribution >= 4 is 29.2 Å². The molecule has 5 nitrogen and oxygen atoms in total. The van der Waals surface area contributed by atoms with Crippen LogP contribution in [0.4, 0.5) is 26.3 Å². The third-order valence-electron chi connectivity index (χ3n) is 5.27. The molecular formula is C21H17ClF6N4O. The van der Waals surface area contributed by atoms with Crippen LogP contribution in [0.15, 0.2) is 42.5 Å². The number of carbonyl (C=O) groups is 1. The summed E-state index contributed by atoms with van der Waals surface area (Å²) in [6, 6.07) is 5.94. The monoisotopic (exact) mass is 490 g/mol. The van der Waals surface area contributed by atoms with Gasteiger partial charge in [-0.25, -0.2) is 0 Å². The molecule has 176 valence electrons. The fourth-order valence-electron chi connectivity index (χ4n) is 3.45. The lowest BCUT2D eigenvalue weighted by atomic mass is 10.0. The van der Waals surface area contributed by atoms with E-state index in [-0.39, 0.29) is 35.9 Å². The first-order valence-electron chi connectivity index (χ1n) is 9.52. The number of benzene rings is 2. The lowest BCUT2D eigenvalue weighted by molar-refractivity contribution is -0.138. The third kappa shape index (κ3) is 4.82. The largest absolute Gasteiger partial charge is 0.417 e. The molecule has 1 amide bonds. The van der Waals surface area contributed by atoms with Crippen LogP contribution < -0.4 is 0 Å². The Labute approximate surface area is 189 Å². The van der Waals surface area contributed by atoms with E-state index in [0.717, 1.165) is 42.5 Å². The molecule has 1 aliphatic rings. The van der Waals surface area contributed by atoms with Gasteiger partial charge in [0.1, 0.15) is 11.7 Å². The Kier molecular flexibility index (Phi) is 6.47. The van der Waals surface area contributed by atoms with Gasteiger partial charge in [0.15, 0.2) is 0 Å². The van der Waals surface area contributed by atoms with Crippen molar-refractivity contribution in [2.75, 3.05) is 13.1 Å². The number of piperazine rings is 1. The van der Waals surface area contributed by atoms with Gasteiger partial charge < -0.3 is 9.80 Å². The molecule has 1 unspecified atom stereocenters. The van der Waals surface area contributed by atoms with E-state index < -0.39 is 40.5 Å². The summed E-state index contributed by atoms with van der Waals surface area (Å²) in [5.41, 5.74) is -2.26. The van der Waals surface area contributed by atoms with Gasteiger partial charge in [-0.05, 0) is 31.2 Å². The average Bonchev–Trinajstić information content (AvgIpc) is 2.73. The number of amidine groups is 2. The van der Waals surface area contributed by atoms with Gasteiger partial charge in [0, 0.05) is 18.7 Å². The molecule has 0 aromatic heterocycles. The molecule has 1 aliphatic heterocycles. The molecule has 1 atom stereocenters. The molecule has 0 radical (unpaired) electrons. The molecule has 2 aromatic carbocycles. The van der Waals surface area contributed by atoms with Crippen LogP contribution in [0, 0.1) is 10.8 Å². The lowest BCUT2D eigenvalue weighted by Gasteiger charge is -2.41. The molecule has 3 rings (SSSR count). The Bertz CT molecular complexity index is 1100. The maximum Gasteiger partial charge on any atom is 0.417 e. The molecular weight excluding hydrogens is 474 g/mol. The Morgan fingerprint density at radius 2 is 1.61 bits per heavy atom. The Hall–Kier alpha value is -3.08. The quantitative estimate of drug-likeness (QED) is 0.330. The second kappa shape index (κ2) is 8.69. The smallest absolute Gasteiger partial charge is 0.327 e. The van der Waals surface area contributed by atoms with Crippen molar-refractivity contribution < 1.29 is 31.1 Å². The number of nitrogens with one attached hydrogen (secondary N) is 2. The van der Waals surface area contributed by atoms with Gasteiger partial charge in [-0.15, -0.1) is 0 Å². The van der Waals surface area contributed by atoms with Gasteiger partial charge in [0.2, 0.25) is 0 Å². The van der Waals surface area contributed by atoms with Crippen LogP contribution >= 0.6 is 11.6 Å². The zero-order valence-electron chi connectivity index (χ0n) is 17.0. The summed E-state index contributed by atoms with van der Waals surface area (Å²) >= 11 is 5.85. The second-order valence-corrected chi connectivity index (χ2v) is 7.68. The average molecular weight is 491 g/mol. The standard InChI is InChI=1S/C21H17ClF6N4O/c1-11-17(29)32(18(30)12-5-7-13(8-6-12)20(23,24)25)10-9-31(11)19(33)14-3-2-4-15(16(14)22)21(26,27)28/h2-8,11,29-30H,9-10H2,1H3. The Balaban J connectivity index is 1.80. The molecule has 0 aliphatic carbocycles. The van der Waals surface area contributed by atoms with Gasteiger partial charge in [0.05, 0.1) is 27.8 Å². The van der Waals surface area contributed by atoms with Gasteiger partial charge in [-0.3, -0.25) is 15.6 Å². The van der Waals surface area contributed by atoms with E-state index in [2.05, 4.69) is 0 Å². The maximum absolute atomic E-state index is 13.1. The van der Waals surface area contributed by atoms with Gasteiger partial charge in [-0.2, -0.15) is 26.3 Å². The van der Waals surface area contributed by atoms with Crippen molar-refractivity contribution in [1.29, 1.82) is 10.8 Å². The molecule has 1 saturated heterocycles. The van der Waals surface area contributed by atoms with Gasteiger partial charge in [-0.1, -0.05) is 29.8 Å². The summed E-state index contributed by atoms with van der Waals surface area (Å²) in [6.45, 7) is 1.37. The van der Waals surface area contributed by atoms with Crippen molar-refractivity contribution in [1.82, 2.24) is 9.80 Å². The molecule has 0 bridgehead atoms. The normalized spacial score (nSPS) is 17.3. The Morgan fingerprint density at radius 1 is 1.00 bits per heavy atom. The first kappa shape index (κ1) is 24.6. The minimum atomic E-state index is -4.75. The Morgan fingerprint density at radius 3 is 2.15 bits per heavy atom. The first-order valence-corrected chi connectivity index (χ1v) is 9.90. The molecule has 2 N–H and O–H groups in total. The topological polar surface area (TPSA) is 71.2 Å². The number of halogens is 7. The van der Waals surface area contributed by atoms with Crippen molar-refractivity contribution in [2.24, 2.45) is 0 Å². The summed E-state index contributed by atoms with van der Waals surface area (Å²) < 4.78 is 77.7. The van der Waals surface area contributed by atoms with Crippen LogP contribution in [-0.2, 0) is 12.4 Å². The SMILES string of the molecule is CC1C(=N)N(C(=N)c2ccc(C(F)(F)F)cc2)CCN1C(=O)c1cccc(C(F)(F)F)c1Cl. The number of amides is 1. The van der Waals surface area contributed by atoms with E-state index in [1.807, 2.05) is 0 Å². The van der Waals surface area contributed by atoms with Crippen LogP contribution in [-0.4, -0.2) is 46.5 Å². The van der Waals surface area contributed by atoms with E-state index in [0.29, 0.717) is 0 Å². The minimum absolute atomic E-state index is 0.0437. The highest BCUT2D eigenvalue weighted by Crippen LogP contribution is 2.37. The minimum Gasteiger partial charge on any atom is -0.327 e.